The lowest BCUT2D eigenvalue weighted by Crippen LogP contribution is -2.42. The Morgan fingerprint density at radius 3 is 2.43 bits per heavy atom. The normalized spacial score (nSPS) is 15.4. The number of nitrogens with one attached hydrogen (secondary N) is 2. The molecule has 2 aliphatic heterocycles. The Labute approximate surface area is 269 Å². The Kier molecular flexibility index (Phi) is 14.2. The second kappa shape index (κ2) is 18.8. The molecule has 0 radical (unpaired) electrons. The van der Waals surface area contributed by atoms with E-state index >= 15 is 0 Å². The molecule has 4 heterocycles. The van der Waals surface area contributed by atoms with Crippen molar-refractivity contribution in [1.82, 2.24) is 29.9 Å². The number of piperidine rings is 1. The van der Waals surface area contributed by atoms with Gasteiger partial charge in [0.05, 0.1) is 53.2 Å². The topological polar surface area (TPSA) is 175 Å². The SMILES string of the molecule is COC(=O)CCCCC(=O)N1CCC(Nc2cc(N3CCOCC3)nc(NCc3cn(CCCOCCC(=O)OC)nn3)n2)CC1. The van der Waals surface area contributed by atoms with Crippen LogP contribution in [-0.4, -0.2) is 121 Å². The van der Waals surface area contributed by atoms with Crippen molar-refractivity contribution >= 4 is 35.4 Å². The number of aromatic nitrogens is 5. The van der Waals surface area contributed by atoms with Gasteiger partial charge in [-0.2, -0.15) is 9.97 Å². The fourth-order valence-electron chi connectivity index (χ4n) is 5.22. The predicted molar refractivity (Wildman–Crippen MR) is 168 cm³/mol. The van der Waals surface area contributed by atoms with E-state index in [1.807, 2.05) is 17.2 Å². The molecule has 0 bridgehead atoms. The number of aryl methyl sites for hydroxylation is 1. The van der Waals surface area contributed by atoms with Crippen LogP contribution < -0.4 is 15.5 Å². The van der Waals surface area contributed by atoms with Crippen LogP contribution in [0.25, 0.3) is 0 Å². The summed E-state index contributed by atoms with van der Waals surface area (Å²) < 4.78 is 22.0. The number of methoxy groups -OCH3 is 2. The van der Waals surface area contributed by atoms with E-state index in [1.165, 1.54) is 14.2 Å². The Morgan fingerprint density at radius 2 is 1.67 bits per heavy atom. The summed E-state index contributed by atoms with van der Waals surface area (Å²) in [4.78, 5) is 48.7. The van der Waals surface area contributed by atoms with Crippen molar-refractivity contribution in [2.45, 2.75) is 70.5 Å². The van der Waals surface area contributed by atoms with Crippen LogP contribution in [0.3, 0.4) is 0 Å². The Hall–Kier alpha value is -4.05. The van der Waals surface area contributed by atoms with Gasteiger partial charge in [-0.15, -0.1) is 5.10 Å². The number of anilines is 3. The summed E-state index contributed by atoms with van der Waals surface area (Å²) in [6, 6.07) is 2.15. The second-order valence-electron chi connectivity index (χ2n) is 11.2. The summed E-state index contributed by atoms with van der Waals surface area (Å²) in [5, 5.41) is 15.3. The van der Waals surface area contributed by atoms with E-state index in [4.69, 9.17) is 19.4 Å². The third kappa shape index (κ3) is 11.7. The van der Waals surface area contributed by atoms with Gasteiger partial charge in [0.25, 0.3) is 0 Å². The number of ether oxygens (including phenoxy) is 4. The van der Waals surface area contributed by atoms with E-state index in [0.717, 1.165) is 49.7 Å². The van der Waals surface area contributed by atoms with Crippen molar-refractivity contribution < 1.29 is 33.3 Å². The maximum absolute atomic E-state index is 12.7. The molecule has 2 aromatic rings. The van der Waals surface area contributed by atoms with Gasteiger partial charge in [-0.25, -0.2) is 0 Å². The van der Waals surface area contributed by atoms with E-state index in [-0.39, 0.29) is 30.3 Å². The second-order valence-corrected chi connectivity index (χ2v) is 11.2. The van der Waals surface area contributed by atoms with Crippen LogP contribution in [0.5, 0.6) is 0 Å². The molecular weight excluding hydrogens is 598 g/mol. The highest BCUT2D eigenvalue weighted by molar-refractivity contribution is 5.76. The highest BCUT2D eigenvalue weighted by atomic mass is 16.5. The lowest BCUT2D eigenvalue weighted by molar-refractivity contribution is -0.142. The molecule has 2 aliphatic rings. The van der Waals surface area contributed by atoms with Gasteiger partial charge in [0.2, 0.25) is 11.9 Å². The number of carbonyl (C=O) groups excluding carboxylic acids is 3. The third-order valence-corrected chi connectivity index (χ3v) is 7.86. The molecule has 254 valence electrons. The number of hydrogen-bond donors (Lipinski definition) is 2. The Balaban J connectivity index is 1.26. The fraction of sp³-hybridized carbons (Fsp3) is 0.700. The molecule has 2 aromatic heterocycles. The molecule has 2 fully saturated rings. The number of amides is 1. The van der Waals surface area contributed by atoms with Crippen LogP contribution in [0.4, 0.5) is 17.6 Å². The number of morpholine rings is 1. The molecule has 2 saturated heterocycles. The zero-order valence-electron chi connectivity index (χ0n) is 26.9. The lowest BCUT2D eigenvalue weighted by atomic mass is 10.0. The molecule has 0 atom stereocenters. The van der Waals surface area contributed by atoms with E-state index in [0.29, 0.717) is 84.2 Å². The molecule has 46 heavy (non-hydrogen) atoms. The molecule has 0 saturated carbocycles. The van der Waals surface area contributed by atoms with E-state index in [2.05, 4.69) is 35.3 Å². The van der Waals surface area contributed by atoms with Crippen molar-refractivity contribution in [1.29, 1.82) is 0 Å². The van der Waals surface area contributed by atoms with Crippen molar-refractivity contribution in [2.75, 3.05) is 82.4 Å². The average Bonchev–Trinajstić information content (AvgIpc) is 3.55. The third-order valence-electron chi connectivity index (χ3n) is 7.86. The van der Waals surface area contributed by atoms with Gasteiger partial charge in [-0.3, -0.25) is 19.1 Å². The van der Waals surface area contributed by atoms with Gasteiger partial charge in [0, 0.05) is 64.3 Å². The van der Waals surface area contributed by atoms with Gasteiger partial charge < -0.3 is 39.4 Å². The molecule has 0 aliphatic carbocycles. The minimum atomic E-state index is -0.285. The van der Waals surface area contributed by atoms with E-state index in [1.54, 1.807) is 4.68 Å². The van der Waals surface area contributed by atoms with Crippen molar-refractivity contribution in [3.05, 3.63) is 18.0 Å². The summed E-state index contributed by atoms with van der Waals surface area (Å²) in [7, 11) is 2.74. The molecular formula is C30H47N9O7. The summed E-state index contributed by atoms with van der Waals surface area (Å²) in [5.41, 5.74) is 0.754. The lowest BCUT2D eigenvalue weighted by Gasteiger charge is -2.33. The number of esters is 2. The van der Waals surface area contributed by atoms with Crippen molar-refractivity contribution in [3.8, 4) is 0 Å². The number of nitrogens with zero attached hydrogens (tertiary/aromatic N) is 7. The van der Waals surface area contributed by atoms with Gasteiger partial charge >= 0.3 is 11.9 Å². The number of hydrogen-bond acceptors (Lipinski definition) is 14. The molecule has 2 N–H and O–H groups in total. The van der Waals surface area contributed by atoms with Crippen LogP contribution >= 0.6 is 0 Å². The van der Waals surface area contributed by atoms with Gasteiger partial charge in [-0.1, -0.05) is 5.21 Å². The maximum atomic E-state index is 12.7. The minimum absolute atomic E-state index is 0.132. The van der Waals surface area contributed by atoms with Crippen LogP contribution in [0, 0.1) is 0 Å². The maximum Gasteiger partial charge on any atom is 0.307 e. The quantitative estimate of drug-likeness (QED) is 0.177. The van der Waals surface area contributed by atoms with E-state index in [9.17, 15) is 14.4 Å². The fourth-order valence-corrected chi connectivity index (χ4v) is 5.22. The summed E-state index contributed by atoms with van der Waals surface area (Å²) in [5.74, 6) is 1.63. The van der Waals surface area contributed by atoms with Crippen LogP contribution in [0.2, 0.25) is 0 Å². The molecule has 0 unspecified atom stereocenters. The molecule has 16 heteroatoms. The van der Waals surface area contributed by atoms with Gasteiger partial charge in [-0.05, 0) is 32.1 Å². The first-order valence-electron chi connectivity index (χ1n) is 16.0. The van der Waals surface area contributed by atoms with Crippen LogP contribution in [0.15, 0.2) is 12.3 Å². The van der Waals surface area contributed by atoms with Gasteiger partial charge in [0.1, 0.15) is 17.3 Å². The molecule has 4 rings (SSSR count). The summed E-state index contributed by atoms with van der Waals surface area (Å²) in [6.07, 6.45) is 6.60. The standard InChI is InChI=1S/C30H47N9O7/c1-43-28(41)7-4-3-6-27(40)38-12-8-23(9-13-38)32-25-20-26(37-14-18-46-19-15-37)34-30(33-25)31-21-24-22-39(36-35-24)11-5-16-45-17-10-29(42)44-2/h20,22-23H,3-19,21H2,1-2H3,(H2,31,32,33,34). The summed E-state index contributed by atoms with van der Waals surface area (Å²) >= 11 is 0. The molecule has 0 aromatic carbocycles. The minimum Gasteiger partial charge on any atom is -0.469 e. The Morgan fingerprint density at radius 1 is 0.935 bits per heavy atom. The summed E-state index contributed by atoms with van der Waals surface area (Å²) in [6.45, 7) is 6.02. The first kappa shape index (κ1) is 34.8. The monoisotopic (exact) mass is 645 g/mol. The average molecular weight is 646 g/mol. The smallest absolute Gasteiger partial charge is 0.307 e. The van der Waals surface area contributed by atoms with Crippen molar-refractivity contribution in [2.24, 2.45) is 0 Å². The highest BCUT2D eigenvalue weighted by Gasteiger charge is 2.24. The Bertz CT molecular complexity index is 1250. The van der Waals surface area contributed by atoms with Crippen molar-refractivity contribution in [3.63, 3.8) is 0 Å². The van der Waals surface area contributed by atoms with Gasteiger partial charge in [0.15, 0.2) is 0 Å². The molecule has 1 amide bonds. The van der Waals surface area contributed by atoms with Crippen LogP contribution in [-0.2, 0) is 46.4 Å². The first-order valence-corrected chi connectivity index (χ1v) is 16.0. The number of likely N-dealkylation sites (tertiary alicyclic amines) is 1. The van der Waals surface area contributed by atoms with Crippen LogP contribution in [0.1, 0.15) is 57.1 Å². The first-order chi connectivity index (χ1) is 22.4. The largest absolute Gasteiger partial charge is 0.469 e. The zero-order chi connectivity index (χ0) is 32.6. The number of unbranched alkanes of at least 4 members (excludes halogenated alkanes) is 1. The van der Waals surface area contributed by atoms with E-state index < -0.39 is 0 Å². The number of rotatable bonds is 18. The number of carbonyl (C=O) groups is 3. The predicted octanol–water partition coefficient (Wildman–Crippen LogP) is 1.62. The molecule has 0 spiro atoms. The zero-order valence-corrected chi connectivity index (χ0v) is 26.9. The molecule has 16 nitrogen and oxygen atoms in total. The highest BCUT2D eigenvalue weighted by Crippen LogP contribution is 2.23.